The Bertz CT molecular complexity index is 934. The molecule has 2 aliphatic heterocycles. The van der Waals surface area contributed by atoms with Crippen LogP contribution in [0.1, 0.15) is 30.9 Å². The second-order valence-electron chi connectivity index (χ2n) is 8.18. The minimum Gasteiger partial charge on any atom is -0.344 e. The number of carbonyl (C=O) groups is 1. The SMILES string of the molecule is C[C@@H]1CNC[C@](N[C@H]2CCN(C)C2=O)(c2ccc(C(F)(F)F)c3nccnc23)C1. The summed E-state index contributed by atoms with van der Waals surface area (Å²) in [6.07, 6.45) is -0.484. The minimum absolute atomic E-state index is 0.00454. The molecular weight excluding hydrogens is 383 g/mol. The van der Waals surface area contributed by atoms with E-state index < -0.39 is 17.3 Å². The third kappa shape index (κ3) is 3.57. The maximum atomic E-state index is 13.5. The van der Waals surface area contributed by atoms with Gasteiger partial charge in [-0.1, -0.05) is 13.0 Å². The van der Waals surface area contributed by atoms with Gasteiger partial charge in [0, 0.05) is 38.1 Å². The average Bonchev–Trinajstić information content (AvgIpc) is 2.98. The number of nitrogens with one attached hydrogen (secondary N) is 2. The fourth-order valence-corrected chi connectivity index (χ4v) is 4.63. The van der Waals surface area contributed by atoms with Crippen LogP contribution in [0.2, 0.25) is 0 Å². The van der Waals surface area contributed by atoms with Crippen LogP contribution in [0.4, 0.5) is 13.2 Å². The fourth-order valence-electron chi connectivity index (χ4n) is 4.63. The molecular formula is C20H24F3N5O. The standard InChI is InChI=1S/C20H24F3N5O/c1-12-9-19(11-24-10-12,27-15-5-8-28(2)18(15)29)13-3-4-14(20(21,22)23)17-16(13)25-6-7-26-17/h3-4,6-7,12,15,24,27H,5,8-11H2,1-2H3/t12-,15-,19-/m0/s1. The number of benzene rings is 1. The molecule has 2 N–H and O–H groups in total. The molecule has 1 aromatic carbocycles. The molecule has 3 heterocycles. The molecule has 2 aromatic rings. The molecule has 0 bridgehead atoms. The van der Waals surface area contributed by atoms with Gasteiger partial charge in [0.05, 0.1) is 22.7 Å². The summed E-state index contributed by atoms with van der Waals surface area (Å²) < 4.78 is 40.6. The van der Waals surface area contributed by atoms with Gasteiger partial charge < -0.3 is 10.2 Å². The first-order valence-electron chi connectivity index (χ1n) is 9.76. The summed E-state index contributed by atoms with van der Waals surface area (Å²) in [6.45, 7) is 4.06. The zero-order chi connectivity index (χ0) is 20.8. The molecule has 2 aliphatic rings. The van der Waals surface area contributed by atoms with Crippen LogP contribution in [0.25, 0.3) is 11.0 Å². The number of hydrogen-bond acceptors (Lipinski definition) is 5. The van der Waals surface area contributed by atoms with Crippen LogP contribution in [0.15, 0.2) is 24.5 Å². The Morgan fingerprint density at radius 1 is 1.24 bits per heavy atom. The molecule has 9 heteroatoms. The number of nitrogens with zero attached hydrogens (tertiary/aromatic N) is 3. The monoisotopic (exact) mass is 407 g/mol. The van der Waals surface area contributed by atoms with E-state index in [1.54, 1.807) is 11.9 Å². The Balaban J connectivity index is 1.85. The Morgan fingerprint density at radius 2 is 1.97 bits per heavy atom. The van der Waals surface area contributed by atoms with E-state index in [1.165, 1.54) is 18.5 Å². The van der Waals surface area contributed by atoms with E-state index in [2.05, 4.69) is 27.5 Å². The number of fused-ring (bicyclic) bond motifs is 1. The van der Waals surface area contributed by atoms with Gasteiger partial charge in [0.2, 0.25) is 5.91 Å². The van der Waals surface area contributed by atoms with Gasteiger partial charge in [-0.3, -0.25) is 20.1 Å². The van der Waals surface area contributed by atoms with Gasteiger partial charge in [0.15, 0.2) is 0 Å². The predicted octanol–water partition coefficient (Wildman–Crippen LogP) is 2.29. The van der Waals surface area contributed by atoms with Gasteiger partial charge >= 0.3 is 6.18 Å². The molecule has 6 nitrogen and oxygen atoms in total. The molecule has 156 valence electrons. The zero-order valence-electron chi connectivity index (χ0n) is 16.4. The Kier molecular flexibility index (Phi) is 4.98. The number of amides is 1. The highest BCUT2D eigenvalue weighted by atomic mass is 19.4. The van der Waals surface area contributed by atoms with Crippen molar-refractivity contribution >= 4 is 16.9 Å². The first-order chi connectivity index (χ1) is 13.7. The molecule has 0 saturated carbocycles. The summed E-state index contributed by atoms with van der Waals surface area (Å²) in [5.74, 6) is 0.282. The summed E-state index contributed by atoms with van der Waals surface area (Å²) in [4.78, 5) is 22.5. The lowest BCUT2D eigenvalue weighted by Crippen LogP contribution is -2.59. The van der Waals surface area contributed by atoms with Crippen molar-refractivity contribution in [3.63, 3.8) is 0 Å². The highest BCUT2D eigenvalue weighted by Crippen LogP contribution is 2.40. The fraction of sp³-hybridized carbons (Fsp3) is 0.550. The average molecular weight is 407 g/mol. The van der Waals surface area contributed by atoms with Crippen molar-refractivity contribution in [1.82, 2.24) is 25.5 Å². The molecule has 4 rings (SSSR count). The first kappa shape index (κ1) is 20.0. The Hall–Kier alpha value is -2.26. The van der Waals surface area contributed by atoms with Crippen molar-refractivity contribution in [3.8, 4) is 0 Å². The number of piperidine rings is 1. The zero-order valence-corrected chi connectivity index (χ0v) is 16.4. The Morgan fingerprint density at radius 3 is 2.59 bits per heavy atom. The summed E-state index contributed by atoms with van der Waals surface area (Å²) in [5.41, 5.74) is -0.791. The second kappa shape index (κ2) is 7.21. The van der Waals surface area contributed by atoms with Gasteiger partial charge in [-0.2, -0.15) is 13.2 Å². The molecule has 1 amide bonds. The van der Waals surface area contributed by atoms with Crippen LogP contribution in [0, 0.1) is 5.92 Å². The van der Waals surface area contributed by atoms with E-state index in [1.807, 2.05) is 0 Å². The number of halogens is 3. The normalized spacial score (nSPS) is 28.3. The lowest BCUT2D eigenvalue weighted by molar-refractivity contribution is -0.136. The van der Waals surface area contributed by atoms with Crippen LogP contribution < -0.4 is 10.6 Å². The van der Waals surface area contributed by atoms with E-state index >= 15 is 0 Å². The van der Waals surface area contributed by atoms with E-state index in [0.717, 1.165) is 12.6 Å². The maximum Gasteiger partial charge on any atom is 0.418 e. The molecule has 0 radical (unpaired) electrons. The molecule has 2 fully saturated rings. The molecule has 0 spiro atoms. The van der Waals surface area contributed by atoms with Crippen molar-refractivity contribution in [2.45, 2.75) is 37.5 Å². The second-order valence-corrected chi connectivity index (χ2v) is 8.18. The maximum absolute atomic E-state index is 13.5. The van der Waals surface area contributed by atoms with Crippen LogP contribution in [-0.4, -0.2) is 53.5 Å². The van der Waals surface area contributed by atoms with Crippen molar-refractivity contribution < 1.29 is 18.0 Å². The number of likely N-dealkylation sites (N-methyl/N-ethyl adjacent to an activating group) is 1. The van der Waals surface area contributed by atoms with Crippen LogP contribution >= 0.6 is 0 Å². The van der Waals surface area contributed by atoms with Crippen LogP contribution in [-0.2, 0) is 16.5 Å². The highest BCUT2D eigenvalue weighted by Gasteiger charge is 2.44. The number of alkyl halides is 3. The van der Waals surface area contributed by atoms with Crippen molar-refractivity contribution in [2.24, 2.45) is 5.92 Å². The van der Waals surface area contributed by atoms with Crippen LogP contribution in [0.3, 0.4) is 0 Å². The smallest absolute Gasteiger partial charge is 0.344 e. The van der Waals surface area contributed by atoms with E-state index in [0.29, 0.717) is 31.5 Å². The summed E-state index contributed by atoms with van der Waals surface area (Å²) in [5, 5.41) is 6.88. The number of hydrogen-bond donors (Lipinski definition) is 2. The number of rotatable bonds is 3. The predicted molar refractivity (Wildman–Crippen MR) is 102 cm³/mol. The van der Waals surface area contributed by atoms with E-state index in [-0.39, 0.29) is 28.9 Å². The summed E-state index contributed by atoms with van der Waals surface area (Å²) in [6, 6.07) is 2.20. The largest absolute Gasteiger partial charge is 0.418 e. The topological polar surface area (TPSA) is 70.2 Å². The third-order valence-corrected chi connectivity index (χ3v) is 5.94. The molecule has 2 saturated heterocycles. The van der Waals surface area contributed by atoms with Gasteiger partial charge in [0.25, 0.3) is 0 Å². The molecule has 0 unspecified atom stereocenters. The van der Waals surface area contributed by atoms with Crippen LogP contribution in [0.5, 0.6) is 0 Å². The van der Waals surface area contributed by atoms with E-state index in [9.17, 15) is 18.0 Å². The quantitative estimate of drug-likeness (QED) is 0.817. The summed E-state index contributed by atoms with van der Waals surface area (Å²) >= 11 is 0. The van der Waals surface area contributed by atoms with Crippen molar-refractivity contribution in [1.29, 1.82) is 0 Å². The molecule has 3 atom stereocenters. The molecule has 0 aliphatic carbocycles. The summed E-state index contributed by atoms with van der Waals surface area (Å²) in [7, 11) is 1.76. The highest BCUT2D eigenvalue weighted by molar-refractivity contribution is 5.85. The van der Waals surface area contributed by atoms with E-state index in [4.69, 9.17) is 0 Å². The third-order valence-electron chi connectivity index (χ3n) is 5.94. The van der Waals surface area contributed by atoms with Gasteiger partial charge in [0.1, 0.15) is 5.52 Å². The van der Waals surface area contributed by atoms with Gasteiger partial charge in [-0.25, -0.2) is 0 Å². The first-order valence-corrected chi connectivity index (χ1v) is 9.76. The Labute approximate surface area is 166 Å². The lowest BCUT2D eigenvalue weighted by atomic mass is 9.77. The van der Waals surface area contributed by atoms with Crippen molar-refractivity contribution in [3.05, 3.63) is 35.7 Å². The number of likely N-dealkylation sites (tertiary alicyclic amines) is 1. The number of carbonyl (C=O) groups excluding carboxylic acids is 1. The van der Waals surface area contributed by atoms with Crippen molar-refractivity contribution in [2.75, 3.05) is 26.7 Å². The lowest BCUT2D eigenvalue weighted by Gasteiger charge is -2.43. The van der Waals surface area contributed by atoms with Gasteiger partial charge in [-0.05, 0) is 31.4 Å². The number of aromatic nitrogens is 2. The minimum atomic E-state index is -4.52. The molecule has 29 heavy (non-hydrogen) atoms. The molecule has 1 aromatic heterocycles. The van der Waals surface area contributed by atoms with Gasteiger partial charge in [-0.15, -0.1) is 0 Å².